The maximum absolute atomic E-state index is 12.3. The van der Waals surface area contributed by atoms with Crippen molar-refractivity contribution in [2.45, 2.75) is 24.0 Å². The highest BCUT2D eigenvalue weighted by Crippen LogP contribution is 2.26. The Morgan fingerprint density at radius 3 is 2.43 bits per heavy atom. The summed E-state index contributed by atoms with van der Waals surface area (Å²) in [5.41, 5.74) is 0.763. The van der Waals surface area contributed by atoms with E-state index >= 15 is 0 Å². The number of hydrogen-bond acceptors (Lipinski definition) is 4. The SMILES string of the molecule is CC(=O)Nc1ccc(S[C@@H](C)C(=O)N2CCOCC2)cc1. The molecule has 1 heterocycles. The van der Waals surface area contributed by atoms with Crippen molar-refractivity contribution in [2.75, 3.05) is 31.6 Å². The van der Waals surface area contributed by atoms with E-state index in [2.05, 4.69) is 5.32 Å². The number of anilines is 1. The summed E-state index contributed by atoms with van der Waals surface area (Å²) >= 11 is 1.53. The number of ether oxygens (including phenoxy) is 1. The Balaban J connectivity index is 1.90. The van der Waals surface area contributed by atoms with Crippen LogP contribution in [0.5, 0.6) is 0 Å². The number of hydrogen-bond donors (Lipinski definition) is 1. The van der Waals surface area contributed by atoms with Crippen molar-refractivity contribution in [3.05, 3.63) is 24.3 Å². The summed E-state index contributed by atoms with van der Waals surface area (Å²) in [6.45, 7) is 5.98. The van der Waals surface area contributed by atoms with Crippen LogP contribution >= 0.6 is 11.8 Å². The maximum Gasteiger partial charge on any atom is 0.235 e. The second-order valence-electron chi connectivity index (χ2n) is 4.90. The molecule has 1 aromatic rings. The second kappa shape index (κ2) is 7.47. The molecule has 5 nitrogen and oxygen atoms in total. The van der Waals surface area contributed by atoms with Crippen molar-refractivity contribution in [1.29, 1.82) is 0 Å². The molecule has 0 spiro atoms. The topological polar surface area (TPSA) is 58.6 Å². The van der Waals surface area contributed by atoms with Gasteiger partial charge in [0.15, 0.2) is 0 Å². The van der Waals surface area contributed by atoms with E-state index < -0.39 is 0 Å². The highest BCUT2D eigenvalue weighted by molar-refractivity contribution is 8.00. The minimum atomic E-state index is -0.130. The lowest BCUT2D eigenvalue weighted by atomic mass is 10.3. The van der Waals surface area contributed by atoms with Gasteiger partial charge in [0.2, 0.25) is 11.8 Å². The van der Waals surface area contributed by atoms with Crippen molar-refractivity contribution in [1.82, 2.24) is 4.90 Å². The third-order valence-electron chi connectivity index (χ3n) is 3.16. The van der Waals surface area contributed by atoms with Gasteiger partial charge in [-0.3, -0.25) is 9.59 Å². The van der Waals surface area contributed by atoms with Gasteiger partial charge in [0.25, 0.3) is 0 Å². The molecule has 1 aliphatic rings. The van der Waals surface area contributed by atoms with Crippen molar-refractivity contribution < 1.29 is 14.3 Å². The predicted molar refractivity (Wildman–Crippen MR) is 83.5 cm³/mol. The molecule has 2 amide bonds. The van der Waals surface area contributed by atoms with Crippen molar-refractivity contribution in [3.63, 3.8) is 0 Å². The summed E-state index contributed by atoms with van der Waals surface area (Å²) < 4.78 is 5.26. The van der Waals surface area contributed by atoms with Crippen LogP contribution in [-0.4, -0.2) is 48.3 Å². The van der Waals surface area contributed by atoms with Crippen LogP contribution in [0.4, 0.5) is 5.69 Å². The second-order valence-corrected chi connectivity index (χ2v) is 6.32. The average Bonchev–Trinajstić information content (AvgIpc) is 2.49. The summed E-state index contributed by atoms with van der Waals surface area (Å²) in [6, 6.07) is 7.52. The van der Waals surface area contributed by atoms with E-state index in [9.17, 15) is 9.59 Å². The third-order valence-corrected chi connectivity index (χ3v) is 4.26. The number of thioether (sulfide) groups is 1. The zero-order valence-corrected chi connectivity index (χ0v) is 13.1. The molecule has 1 N–H and O–H groups in total. The minimum absolute atomic E-state index is 0.0914. The molecule has 0 aromatic heterocycles. The molecule has 1 atom stereocenters. The zero-order chi connectivity index (χ0) is 15.2. The Labute approximate surface area is 129 Å². The fourth-order valence-electron chi connectivity index (χ4n) is 2.12. The van der Waals surface area contributed by atoms with E-state index in [0.29, 0.717) is 26.3 Å². The van der Waals surface area contributed by atoms with Crippen molar-refractivity contribution in [2.24, 2.45) is 0 Å². The molecular formula is C15H20N2O3S. The van der Waals surface area contributed by atoms with E-state index in [1.54, 1.807) is 0 Å². The molecule has 114 valence electrons. The quantitative estimate of drug-likeness (QED) is 0.864. The lowest BCUT2D eigenvalue weighted by Crippen LogP contribution is -2.44. The van der Waals surface area contributed by atoms with E-state index in [1.165, 1.54) is 18.7 Å². The van der Waals surface area contributed by atoms with Gasteiger partial charge in [0, 0.05) is 30.6 Å². The van der Waals surface area contributed by atoms with E-state index in [1.807, 2.05) is 36.1 Å². The first kappa shape index (κ1) is 15.9. The molecule has 2 rings (SSSR count). The molecule has 0 aliphatic carbocycles. The van der Waals surface area contributed by atoms with Gasteiger partial charge < -0.3 is 15.0 Å². The van der Waals surface area contributed by atoms with Crippen LogP contribution in [0.3, 0.4) is 0 Å². The molecule has 1 saturated heterocycles. The number of nitrogens with zero attached hydrogens (tertiary/aromatic N) is 1. The van der Waals surface area contributed by atoms with Gasteiger partial charge in [0.1, 0.15) is 0 Å². The highest BCUT2D eigenvalue weighted by Gasteiger charge is 2.23. The van der Waals surface area contributed by atoms with Crippen LogP contribution in [0.2, 0.25) is 0 Å². The molecule has 0 radical (unpaired) electrons. The Kier molecular flexibility index (Phi) is 5.64. The number of amides is 2. The summed E-state index contributed by atoms with van der Waals surface area (Å²) in [7, 11) is 0. The average molecular weight is 308 g/mol. The van der Waals surface area contributed by atoms with Gasteiger partial charge in [-0.2, -0.15) is 0 Å². The lowest BCUT2D eigenvalue weighted by Gasteiger charge is -2.29. The van der Waals surface area contributed by atoms with Crippen LogP contribution < -0.4 is 5.32 Å². The summed E-state index contributed by atoms with van der Waals surface area (Å²) in [4.78, 5) is 26.1. The summed E-state index contributed by atoms with van der Waals surface area (Å²) in [5, 5.41) is 2.59. The first-order valence-corrected chi connectivity index (χ1v) is 7.85. The van der Waals surface area contributed by atoms with E-state index in [4.69, 9.17) is 4.74 Å². The molecule has 21 heavy (non-hydrogen) atoms. The zero-order valence-electron chi connectivity index (χ0n) is 12.3. The van der Waals surface area contributed by atoms with Gasteiger partial charge in [-0.1, -0.05) is 0 Å². The van der Waals surface area contributed by atoms with Crippen molar-refractivity contribution >= 4 is 29.3 Å². The predicted octanol–water partition coefficient (Wildman–Crippen LogP) is 1.98. The third kappa shape index (κ3) is 4.75. The molecular weight excluding hydrogens is 288 g/mol. The molecule has 1 fully saturated rings. The van der Waals surface area contributed by atoms with Crippen LogP contribution in [0.1, 0.15) is 13.8 Å². The lowest BCUT2D eigenvalue weighted by molar-refractivity contribution is -0.134. The molecule has 0 bridgehead atoms. The fraction of sp³-hybridized carbons (Fsp3) is 0.467. The van der Waals surface area contributed by atoms with E-state index in [0.717, 1.165) is 10.6 Å². The Morgan fingerprint density at radius 2 is 1.86 bits per heavy atom. The number of rotatable bonds is 4. The van der Waals surface area contributed by atoms with Gasteiger partial charge in [0.05, 0.1) is 18.5 Å². The van der Waals surface area contributed by atoms with E-state index in [-0.39, 0.29) is 17.1 Å². The standard InChI is InChI=1S/C15H20N2O3S/c1-11(15(19)17-7-9-20-10-8-17)21-14-5-3-13(4-6-14)16-12(2)18/h3-6,11H,7-10H2,1-2H3,(H,16,18)/t11-/m0/s1. The van der Waals surface area contributed by atoms with Gasteiger partial charge >= 0.3 is 0 Å². The minimum Gasteiger partial charge on any atom is -0.378 e. The van der Waals surface area contributed by atoms with Crippen LogP contribution in [0, 0.1) is 0 Å². The molecule has 1 aliphatic heterocycles. The number of morpholine rings is 1. The Bertz CT molecular complexity index is 498. The smallest absolute Gasteiger partial charge is 0.235 e. The molecule has 1 aromatic carbocycles. The summed E-state index contributed by atoms with van der Waals surface area (Å²) in [5.74, 6) is 0.0560. The molecule has 0 unspecified atom stereocenters. The summed E-state index contributed by atoms with van der Waals surface area (Å²) in [6.07, 6.45) is 0. The Morgan fingerprint density at radius 1 is 1.24 bits per heavy atom. The normalized spacial score (nSPS) is 16.4. The maximum atomic E-state index is 12.3. The van der Waals surface area contributed by atoms with Crippen LogP contribution in [-0.2, 0) is 14.3 Å². The molecule has 6 heteroatoms. The fourth-order valence-corrected chi connectivity index (χ4v) is 3.07. The number of carbonyl (C=O) groups is 2. The van der Waals surface area contributed by atoms with Gasteiger partial charge in [-0.25, -0.2) is 0 Å². The van der Waals surface area contributed by atoms with Gasteiger partial charge in [-0.15, -0.1) is 11.8 Å². The highest BCUT2D eigenvalue weighted by atomic mass is 32.2. The molecule has 0 saturated carbocycles. The number of benzene rings is 1. The number of carbonyl (C=O) groups excluding carboxylic acids is 2. The van der Waals surface area contributed by atoms with Gasteiger partial charge in [-0.05, 0) is 31.2 Å². The number of nitrogens with one attached hydrogen (secondary N) is 1. The van der Waals surface area contributed by atoms with Crippen LogP contribution in [0.25, 0.3) is 0 Å². The monoisotopic (exact) mass is 308 g/mol. The first-order chi connectivity index (χ1) is 10.1. The van der Waals surface area contributed by atoms with Crippen LogP contribution in [0.15, 0.2) is 29.2 Å². The van der Waals surface area contributed by atoms with Crippen molar-refractivity contribution in [3.8, 4) is 0 Å². The largest absolute Gasteiger partial charge is 0.378 e. The Hall–Kier alpha value is -1.53. The first-order valence-electron chi connectivity index (χ1n) is 6.97.